The second kappa shape index (κ2) is 16.6. The van der Waals surface area contributed by atoms with Gasteiger partial charge in [0.2, 0.25) is 0 Å². The number of rotatable bonds is 17. The quantitative estimate of drug-likeness (QED) is 0.120. The highest BCUT2D eigenvalue weighted by molar-refractivity contribution is 5.16. The van der Waals surface area contributed by atoms with Gasteiger partial charge in [-0.2, -0.15) is 5.48 Å². The van der Waals surface area contributed by atoms with E-state index in [-0.39, 0.29) is 18.3 Å². The van der Waals surface area contributed by atoms with Crippen LogP contribution in [-0.2, 0) is 45.5 Å². The average molecular weight is 526 g/mol. The van der Waals surface area contributed by atoms with Crippen LogP contribution in [0.5, 0.6) is 0 Å². The molecule has 0 aliphatic carbocycles. The van der Waals surface area contributed by atoms with E-state index >= 15 is 0 Å². The van der Waals surface area contributed by atoms with Crippen molar-refractivity contribution in [1.29, 1.82) is 0 Å². The van der Waals surface area contributed by atoms with Gasteiger partial charge in [0, 0.05) is 0 Å². The van der Waals surface area contributed by atoms with Crippen LogP contribution in [0.3, 0.4) is 0 Å². The third kappa shape index (κ3) is 10.1. The molecule has 1 N–H and O–H groups in total. The molecule has 4 aromatic carbocycles. The Labute approximate surface area is 232 Å². The Bertz CT molecular complexity index is 1160. The van der Waals surface area contributed by atoms with Crippen LogP contribution >= 0.6 is 0 Å². The molecule has 4 aromatic rings. The van der Waals surface area contributed by atoms with Crippen molar-refractivity contribution in [3.05, 3.63) is 144 Å². The Kier molecular flexibility index (Phi) is 12.2. The van der Waals surface area contributed by atoms with Crippen LogP contribution in [0.25, 0.3) is 0 Å². The van der Waals surface area contributed by atoms with Gasteiger partial charge in [-0.3, -0.25) is 4.84 Å². The standard InChI is InChI=1S/C34H39NO4/c1-2-32(36-24-28-15-7-3-8-16-28)34(38-26-30-19-11-5-12-20-30)33(37-25-29-17-9-4-10-18-29)23-35-39-27-31-21-13-6-14-22-31/h3-22,32-35H,2,23-27H2,1H3/t32-,33+,34-/m1/s1. The van der Waals surface area contributed by atoms with Gasteiger partial charge < -0.3 is 14.2 Å². The van der Waals surface area contributed by atoms with Gasteiger partial charge in [-0.05, 0) is 28.7 Å². The van der Waals surface area contributed by atoms with Gasteiger partial charge in [0.25, 0.3) is 0 Å². The minimum Gasteiger partial charge on any atom is -0.371 e. The summed E-state index contributed by atoms with van der Waals surface area (Å²) in [6, 6.07) is 40.7. The molecule has 0 heterocycles. The molecule has 4 rings (SSSR count). The Morgan fingerprint density at radius 2 is 0.872 bits per heavy atom. The first-order valence-electron chi connectivity index (χ1n) is 13.7. The lowest BCUT2D eigenvalue weighted by atomic mass is 10.0. The second-order valence-electron chi connectivity index (χ2n) is 9.46. The van der Waals surface area contributed by atoms with Gasteiger partial charge in [0.1, 0.15) is 12.2 Å². The van der Waals surface area contributed by atoms with E-state index in [1.165, 1.54) is 0 Å². The van der Waals surface area contributed by atoms with E-state index in [2.05, 4.69) is 48.8 Å². The molecule has 0 aliphatic rings. The fourth-order valence-corrected chi connectivity index (χ4v) is 4.34. The average Bonchev–Trinajstić information content (AvgIpc) is 3.01. The first kappa shape index (κ1) is 28.7. The van der Waals surface area contributed by atoms with E-state index in [0.717, 1.165) is 28.7 Å². The lowest BCUT2D eigenvalue weighted by Crippen LogP contribution is -2.47. The molecule has 0 fully saturated rings. The minimum absolute atomic E-state index is 0.175. The highest BCUT2D eigenvalue weighted by Crippen LogP contribution is 2.20. The number of hydroxylamine groups is 1. The summed E-state index contributed by atoms with van der Waals surface area (Å²) in [4.78, 5) is 5.83. The monoisotopic (exact) mass is 525 g/mol. The summed E-state index contributed by atoms with van der Waals surface area (Å²) in [5, 5.41) is 0. The number of ether oxygens (including phenoxy) is 3. The third-order valence-corrected chi connectivity index (χ3v) is 6.50. The van der Waals surface area contributed by atoms with Gasteiger partial charge in [-0.15, -0.1) is 0 Å². The Morgan fingerprint density at radius 3 is 1.31 bits per heavy atom. The largest absolute Gasteiger partial charge is 0.371 e. The van der Waals surface area contributed by atoms with E-state index < -0.39 is 0 Å². The third-order valence-electron chi connectivity index (χ3n) is 6.50. The van der Waals surface area contributed by atoms with Gasteiger partial charge in [0.15, 0.2) is 0 Å². The zero-order valence-electron chi connectivity index (χ0n) is 22.7. The SMILES string of the molecule is CC[C@@H](OCc1ccccc1)[C@@H](OCc1ccccc1)[C@H](CNOCc1ccccc1)OCc1ccccc1. The predicted octanol–water partition coefficient (Wildman–Crippen LogP) is 6.87. The predicted molar refractivity (Wildman–Crippen MR) is 155 cm³/mol. The summed E-state index contributed by atoms with van der Waals surface area (Å²) in [7, 11) is 0. The molecule has 0 spiro atoms. The molecule has 0 saturated heterocycles. The van der Waals surface area contributed by atoms with Crippen LogP contribution in [0.15, 0.2) is 121 Å². The molecule has 204 valence electrons. The molecule has 0 bridgehead atoms. The molecule has 5 heteroatoms. The summed E-state index contributed by atoms with van der Waals surface area (Å²) in [5.41, 5.74) is 7.58. The van der Waals surface area contributed by atoms with Crippen molar-refractivity contribution in [3.63, 3.8) is 0 Å². The number of hydrogen-bond donors (Lipinski definition) is 1. The van der Waals surface area contributed by atoms with E-state index in [0.29, 0.717) is 33.0 Å². The van der Waals surface area contributed by atoms with Gasteiger partial charge >= 0.3 is 0 Å². The topological polar surface area (TPSA) is 49.0 Å². The van der Waals surface area contributed by atoms with Gasteiger partial charge in [-0.25, -0.2) is 0 Å². The van der Waals surface area contributed by atoms with Crippen LogP contribution in [-0.4, -0.2) is 24.9 Å². The lowest BCUT2D eigenvalue weighted by Gasteiger charge is -2.33. The van der Waals surface area contributed by atoms with Crippen molar-refractivity contribution in [2.45, 2.75) is 58.1 Å². The Balaban J connectivity index is 1.48. The van der Waals surface area contributed by atoms with E-state index in [9.17, 15) is 0 Å². The number of nitrogens with one attached hydrogen (secondary N) is 1. The summed E-state index contributed by atoms with van der Waals surface area (Å²) in [6.45, 7) is 4.47. The van der Waals surface area contributed by atoms with E-state index in [4.69, 9.17) is 19.0 Å². The maximum absolute atomic E-state index is 6.59. The maximum atomic E-state index is 6.59. The first-order chi connectivity index (χ1) is 19.3. The molecule has 39 heavy (non-hydrogen) atoms. The van der Waals surface area contributed by atoms with Crippen molar-refractivity contribution in [3.8, 4) is 0 Å². The lowest BCUT2D eigenvalue weighted by molar-refractivity contribution is -0.159. The second-order valence-corrected chi connectivity index (χ2v) is 9.46. The smallest absolute Gasteiger partial charge is 0.112 e. The van der Waals surface area contributed by atoms with Crippen LogP contribution in [0, 0.1) is 0 Å². The molecule has 5 nitrogen and oxygen atoms in total. The van der Waals surface area contributed by atoms with Crippen molar-refractivity contribution in [2.24, 2.45) is 0 Å². The Morgan fingerprint density at radius 1 is 0.487 bits per heavy atom. The molecule has 0 aliphatic heterocycles. The van der Waals surface area contributed by atoms with Crippen LogP contribution < -0.4 is 5.48 Å². The van der Waals surface area contributed by atoms with Crippen molar-refractivity contribution < 1.29 is 19.0 Å². The molecular weight excluding hydrogens is 486 g/mol. The summed E-state index contributed by atoms with van der Waals surface area (Å²) in [6.07, 6.45) is -0.0333. The number of hydrogen-bond acceptors (Lipinski definition) is 5. The molecule has 0 saturated carbocycles. The normalized spacial score (nSPS) is 13.6. The molecule has 0 radical (unpaired) electrons. The fourth-order valence-electron chi connectivity index (χ4n) is 4.34. The molecule has 0 amide bonds. The van der Waals surface area contributed by atoms with Gasteiger partial charge in [0.05, 0.1) is 39.1 Å². The summed E-state index contributed by atoms with van der Waals surface area (Å²) < 4.78 is 19.6. The minimum atomic E-state index is -0.324. The van der Waals surface area contributed by atoms with Crippen LogP contribution in [0.4, 0.5) is 0 Å². The first-order valence-corrected chi connectivity index (χ1v) is 13.7. The molecule has 3 atom stereocenters. The van der Waals surface area contributed by atoms with E-state index in [1.807, 2.05) is 84.9 Å². The molecule has 0 unspecified atom stereocenters. The summed E-state index contributed by atoms with van der Waals surface area (Å²) >= 11 is 0. The highest BCUT2D eigenvalue weighted by Gasteiger charge is 2.31. The van der Waals surface area contributed by atoms with Gasteiger partial charge in [-0.1, -0.05) is 128 Å². The zero-order valence-corrected chi connectivity index (χ0v) is 22.7. The highest BCUT2D eigenvalue weighted by atomic mass is 16.6. The van der Waals surface area contributed by atoms with E-state index in [1.54, 1.807) is 0 Å². The zero-order chi connectivity index (χ0) is 27.0. The van der Waals surface area contributed by atoms with Crippen LogP contribution in [0.2, 0.25) is 0 Å². The van der Waals surface area contributed by atoms with Crippen LogP contribution in [0.1, 0.15) is 35.6 Å². The van der Waals surface area contributed by atoms with Crippen molar-refractivity contribution >= 4 is 0 Å². The number of benzene rings is 4. The molecular formula is C34H39NO4. The van der Waals surface area contributed by atoms with Crippen molar-refractivity contribution in [2.75, 3.05) is 6.54 Å². The Hall–Kier alpha value is -3.32. The fraction of sp³-hybridized carbons (Fsp3) is 0.294. The van der Waals surface area contributed by atoms with Crippen molar-refractivity contribution in [1.82, 2.24) is 5.48 Å². The maximum Gasteiger partial charge on any atom is 0.112 e. The molecule has 0 aromatic heterocycles. The summed E-state index contributed by atoms with van der Waals surface area (Å²) in [5.74, 6) is 0.